The predicted molar refractivity (Wildman–Crippen MR) is 126 cm³/mol. The number of nitrogens with one attached hydrogen (secondary N) is 2. The number of carbonyl (C=O) groups is 2. The molecule has 3 aromatic rings. The summed E-state index contributed by atoms with van der Waals surface area (Å²) in [6, 6.07) is 3.31. The summed E-state index contributed by atoms with van der Waals surface area (Å²) < 4.78 is 8.08. The molecule has 1 saturated carbocycles. The van der Waals surface area contributed by atoms with Crippen LogP contribution in [-0.2, 0) is 11.3 Å². The minimum Gasteiger partial charge on any atom is -0.444 e. The number of fused-ring (bicyclic) bond motifs is 1. The van der Waals surface area contributed by atoms with E-state index in [0.717, 1.165) is 18.4 Å². The van der Waals surface area contributed by atoms with Gasteiger partial charge < -0.3 is 15.4 Å². The fraction of sp³-hybridized carbons (Fsp3) is 0.429. The second-order valence-corrected chi connectivity index (χ2v) is 9.12. The number of thiol groups is 1. The molecule has 2 N–H and O–H groups in total. The Labute approximate surface area is 196 Å². The van der Waals surface area contributed by atoms with Gasteiger partial charge in [0.2, 0.25) is 0 Å². The second-order valence-electron chi connectivity index (χ2n) is 8.72. The van der Waals surface area contributed by atoms with Crippen molar-refractivity contribution in [1.29, 1.82) is 0 Å². The fourth-order valence-electron chi connectivity index (χ4n) is 2.92. The maximum atomic E-state index is 12.2. The highest BCUT2D eigenvalue weighted by Gasteiger charge is 2.26. The Morgan fingerprint density at radius 1 is 1.24 bits per heavy atom. The molecule has 0 unspecified atom stereocenters. The smallest absolute Gasteiger partial charge is 0.407 e. The molecular weight excluding hydrogens is 444 g/mol. The fourth-order valence-corrected chi connectivity index (χ4v) is 3.09. The number of hydrogen-bond acceptors (Lipinski definition) is 8. The van der Waals surface area contributed by atoms with E-state index in [2.05, 4.69) is 43.5 Å². The van der Waals surface area contributed by atoms with E-state index in [4.69, 9.17) is 4.74 Å². The zero-order chi connectivity index (χ0) is 23.6. The average Bonchev–Trinajstić information content (AvgIpc) is 3.45. The number of ether oxygens (including phenoxy) is 1. The number of alkyl carbamates (subject to hydrolysis) is 1. The lowest BCUT2D eigenvalue weighted by atomic mass is 10.2. The monoisotopic (exact) mass is 470 g/mol. The SMILES string of the molecule is CC(C)(C)OC(=O)NCCn1cc(-c2cnc3ccc(N(S)C(=O)NC4CC4)nc3n2)cn1. The molecule has 0 atom stereocenters. The van der Waals surface area contributed by atoms with Gasteiger partial charge in [0, 0.05) is 24.3 Å². The van der Waals surface area contributed by atoms with Crippen LogP contribution in [0.25, 0.3) is 22.4 Å². The minimum atomic E-state index is -0.545. The van der Waals surface area contributed by atoms with Crippen molar-refractivity contribution >= 4 is 41.9 Å². The van der Waals surface area contributed by atoms with E-state index in [9.17, 15) is 9.59 Å². The lowest BCUT2D eigenvalue weighted by Gasteiger charge is -2.19. The van der Waals surface area contributed by atoms with Gasteiger partial charge in [-0.2, -0.15) is 5.10 Å². The Balaban J connectivity index is 1.42. The van der Waals surface area contributed by atoms with Crippen LogP contribution in [0.5, 0.6) is 0 Å². The van der Waals surface area contributed by atoms with E-state index in [1.165, 1.54) is 4.31 Å². The Bertz CT molecular complexity index is 1170. The number of hydrogen-bond donors (Lipinski definition) is 3. The molecular formula is C21H26N8O3S. The highest BCUT2D eigenvalue weighted by atomic mass is 32.1. The van der Waals surface area contributed by atoms with Crippen LogP contribution in [-0.4, -0.2) is 55.0 Å². The Morgan fingerprint density at radius 3 is 2.76 bits per heavy atom. The molecule has 3 heterocycles. The van der Waals surface area contributed by atoms with Crippen LogP contribution < -0.4 is 14.9 Å². The summed E-state index contributed by atoms with van der Waals surface area (Å²) in [6.45, 7) is 6.26. The first-order valence-electron chi connectivity index (χ1n) is 10.6. The number of aromatic nitrogens is 5. The van der Waals surface area contributed by atoms with Gasteiger partial charge in [0.05, 0.1) is 24.6 Å². The average molecular weight is 471 g/mol. The van der Waals surface area contributed by atoms with Crippen LogP contribution in [0.1, 0.15) is 33.6 Å². The van der Waals surface area contributed by atoms with Crippen molar-refractivity contribution < 1.29 is 14.3 Å². The maximum absolute atomic E-state index is 12.2. The van der Waals surface area contributed by atoms with E-state index in [1.54, 1.807) is 29.2 Å². The van der Waals surface area contributed by atoms with Gasteiger partial charge in [-0.25, -0.2) is 23.9 Å². The molecule has 12 heteroatoms. The Morgan fingerprint density at radius 2 is 2.03 bits per heavy atom. The Kier molecular flexibility index (Phi) is 6.36. The molecule has 0 aromatic carbocycles. The molecule has 0 aliphatic heterocycles. The van der Waals surface area contributed by atoms with Crippen molar-refractivity contribution in [2.24, 2.45) is 0 Å². The molecule has 1 aliphatic carbocycles. The highest BCUT2D eigenvalue weighted by Crippen LogP contribution is 2.23. The van der Waals surface area contributed by atoms with Gasteiger partial charge in [-0.15, -0.1) is 0 Å². The lowest BCUT2D eigenvalue weighted by Crippen LogP contribution is -2.35. The molecule has 33 heavy (non-hydrogen) atoms. The topological polar surface area (TPSA) is 127 Å². The molecule has 174 valence electrons. The molecule has 0 spiro atoms. The molecule has 4 rings (SSSR count). The molecule has 1 fully saturated rings. The van der Waals surface area contributed by atoms with Gasteiger partial charge in [-0.05, 0) is 45.7 Å². The van der Waals surface area contributed by atoms with Crippen LogP contribution in [0.3, 0.4) is 0 Å². The van der Waals surface area contributed by atoms with Crippen LogP contribution in [0, 0.1) is 0 Å². The quantitative estimate of drug-likeness (QED) is 0.473. The number of rotatable bonds is 6. The normalized spacial score (nSPS) is 13.6. The van der Waals surface area contributed by atoms with E-state index < -0.39 is 11.7 Å². The van der Waals surface area contributed by atoms with Crippen molar-refractivity contribution in [3.05, 3.63) is 30.7 Å². The molecule has 1 aliphatic rings. The molecule has 0 radical (unpaired) electrons. The van der Waals surface area contributed by atoms with Gasteiger partial charge in [0.1, 0.15) is 16.9 Å². The molecule has 0 bridgehead atoms. The summed E-state index contributed by atoms with van der Waals surface area (Å²) in [4.78, 5) is 37.4. The number of pyridine rings is 1. The third-order valence-corrected chi connectivity index (χ3v) is 5.03. The first kappa shape index (κ1) is 22.8. The van der Waals surface area contributed by atoms with E-state index in [0.29, 0.717) is 35.8 Å². The molecule has 11 nitrogen and oxygen atoms in total. The Hall–Kier alpha value is -3.41. The van der Waals surface area contributed by atoms with Crippen molar-refractivity contribution in [2.75, 3.05) is 10.8 Å². The molecule has 3 aromatic heterocycles. The largest absolute Gasteiger partial charge is 0.444 e. The summed E-state index contributed by atoms with van der Waals surface area (Å²) in [5, 5.41) is 9.87. The molecule has 0 saturated heterocycles. The van der Waals surface area contributed by atoms with E-state index >= 15 is 0 Å². The summed E-state index contributed by atoms with van der Waals surface area (Å²) >= 11 is 4.27. The first-order valence-corrected chi connectivity index (χ1v) is 11.0. The van der Waals surface area contributed by atoms with Gasteiger partial charge in [0.15, 0.2) is 5.65 Å². The van der Waals surface area contributed by atoms with Crippen molar-refractivity contribution in [2.45, 2.75) is 51.8 Å². The summed E-state index contributed by atoms with van der Waals surface area (Å²) in [6.07, 6.45) is 6.62. The number of urea groups is 1. The van der Waals surface area contributed by atoms with Crippen molar-refractivity contribution in [3.63, 3.8) is 0 Å². The first-order chi connectivity index (χ1) is 15.7. The highest BCUT2D eigenvalue weighted by molar-refractivity contribution is 7.82. The summed E-state index contributed by atoms with van der Waals surface area (Å²) in [7, 11) is 0. The summed E-state index contributed by atoms with van der Waals surface area (Å²) in [5.41, 5.74) is 1.79. The third kappa shape index (κ3) is 6.09. The number of amides is 3. The zero-order valence-electron chi connectivity index (χ0n) is 18.6. The van der Waals surface area contributed by atoms with Gasteiger partial charge >= 0.3 is 12.1 Å². The predicted octanol–water partition coefficient (Wildman–Crippen LogP) is 2.94. The number of nitrogens with zero attached hydrogens (tertiary/aromatic N) is 6. The van der Waals surface area contributed by atoms with E-state index in [-0.39, 0.29) is 12.1 Å². The lowest BCUT2D eigenvalue weighted by molar-refractivity contribution is 0.0525. The number of anilines is 1. The summed E-state index contributed by atoms with van der Waals surface area (Å²) in [5.74, 6) is 0.361. The van der Waals surface area contributed by atoms with Gasteiger partial charge in [0.25, 0.3) is 0 Å². The van der Waals surface area contributed by atoms with Crippen molar-refractivity contribution in [3.8, 4) is 11.3 Å². The minimum absolute atomic E-state index is 0.217. The van der Waals surface area contributed by atoms with E-state index in [1.807, 2.05) is 27.0 Å². The standard InChI is InChI=1S/C21H26N8O3S/c1-21(2,3)32-20(31)22-8-9-28-12-13(10-24-28)16-11-23-15-6-7-17(27-18(15)26-16)29(33)19(30)25-14-4-5-14/h6-7,10-12,14,33H,4-5,8-9H2,1-3H3,(H,22,31)(H,25,30). The van der Waals surface area contributed by atoms with Gasteiger partial charge in [-0.3, -0.25) is 9.67 Å². The van der Waals surface area contributed by atoms with Gasteiger partial charge in [-0.1, -0.05) is 12.8 Å². The van der Waals surface area contributed by atoms with Crippen LogP contribution in [0.2, 0.25) is 0 Å². The van der Waals surface area contributed by atoms with Crippen LogP contribution in [0.15, 0.2) is 30.7 Å². The maximum Gasteiger partial charge on any atom is 0.407 e. The zero-order valence-corrected chi connectivity index (χ0v) is 19.5. The van der Waals surface area contributed by atoms with Crippen molar-refractivity contribution in [1.82, 2.24) is 35.4 Å². The second kappa shape index (κ2) is 9.22. The van der Waals surface area contributed by atoms with Crippen LogP contribution >= 0.6 is 12.8 Å². The van der Waals surface area contributed by atoms with Crippen LogP contribution in [0.4, 0.5) is 15.4 Å². The third-order valence-electron chi connectivity index (χ3n) is 4.64. The molecule has 3 amide bonds. The number of carbonyl (C=O) groups excluding carboxylic acids is 2.